The zero-order valence-electron chi connectivity index (χ0n) is 20.0. The summed E-state index contributed by atoms with van der Waals surface area (Å²) in [5.74, 6) is 1.26. The van der Waals surface area contributed by atoms with E-state index in [0.717, 1.165) is 37.1 Å². The van der Waals surface area contributed by atoms with Gasteiger partial charge in [0.2, 0.25) is 11.7 Å². The molecule has 0 aromatic heterocycles. The molecule has 186 valence electrons. The number of carbonyl (C=O) groups is 1. The summed E-state index contributed by atoms with van der Waals surface area (Å²) >= 11 is 0. The molecule has 2 aromatic rings. The fraction of sp³-hybridized carbons (Fsp3) is 0.480. The maximum atomic E-state index is 12.9. The molecule has 9 heteroatoms. The van der Waals surface area contributed by atoms with E-state index in [1.807, 2.05) is 19.2 Å². The summed E-state index contributed by atoms with van der Waals surface area (Å²) in [6.45, 7) is -1.33. The molecule has 1 amide bonds. The van der Waals surface area contributed by atoms with Gasteiger partial charge in [-0.25, -0.2) is 0 Å². The van der Waals surface area contributed by atoms with Gasteiger partial charge in [-0.15, -0.1) is 0 Å². The first-order chi connectivity index (χ1) is 16.3. The van der Waals surface area contributed by atoms with E-state index in [9.17, 15) is 13.6 Å². The third-order valence-corrected chi connectivity index (χ3v) is 6.03. The highest BCUT2D eigenvalue weighted by Crippen LogP contribution is 2.38. The SMILES string of the molecule is COc1cc(CCc2ccc(OC(F)F)c(NC(=O)C3CCN(C)CC3)c2)cc(OC)c1OC. The van der Waals surface area contributed by atoms with Crippen LogP contribution in [0.15, 0.2) is 30.3 Å². The van der Waals surface area contributed by atoms with E-state index in [1.165, 1.54) is 6.07 Å². The summed E-state index contributed by atoms with van der Waals surface area (Å²) in [4.78, 5) is 15.0. The topological polar surface area (TPSA) is 69.3 Å². The Morgan fingerprint density at radius 1 is 0.971 bits per heavy atom. The molecule has 0 spiro atoms. The molecular formula is C25H32F2N2O5. The minimum Gasteiger partial charge on any atom is -0.493 e. The molecule has 1 heterocycles. The number of rotatable bonds is 10. The molecule has 1 aliphatic heterocycles. The van der Waals surface area contributed by atoms with E-state index >= 15 is 0 Å². The van der Waals surface area contributed by atoms with Gasteiger partial charge in [0, 0.05) is 5.92 Å². The standard InChI is InChI=1S/C25H32F2N2O5/c1-29-11-9-18(10-12-29)24(30)28-19-13-16(7-8-20(19)34-25(26)27)5-6-17-14-21(31-2)23(33-4)22(15-17)32-3/h7-8,13-15,18,25H,5-6,9-12H2,1-4H3,(H,28,30). The predicted octanol–water partition coefficient (Wildman–Crippen LogP) is 4.38. The van der Waals surface area contributed by atoms with Crippen LogP contribution in [0, 0.1) is 5.92 Å². The van der Waals surface area contributed by atoms with Crippen LogP contribution >= 0.6 is 0 Å². The number of nitrogens with one attached hydrogen (secondary N) is 1. The van der Waals surface area contributed by atoms with Crippen LogP contribution in [-0.2, 0) is 17.6 Å². The van der Waals surface area contributed by atoms with Crippen molar-refractivity contribution in [2.75, 3.05) is 46.8 Å². The first kappa shape index (κ1) is 25.6. The lowest BCUT2D eigenvalue weighted by Gasteiger charge is -2.28. The summed E-state index contributed by atoms with van der Waals surface area (Å²) in [6.07, 6.45) is 2.70. The largest absolute Gasteiger partial charge is 0.493 e. The van der Waals surface area contributed by atoms with Crippen LogP contribution in [0.5, 0.6) is 23.0 Å². The van der Waals surface area contributed by atoms with Crippen molar-refractivity contribution in [3.8, 4) is 23.0 Å². The van der Waals surface area contributed by atoms with Crippen molar-refractivity contribution in [3.05, 3.63) is 41.5 Å². The molecule has 1 N–H and O–H groups in total. The molecule has 0 saturated carbocycles. The maximum absolute atomic E-state index is 12.9. The molecule has 0 bridgehead atoms. The molecule has 1 aliphatic rings. The van der Waals surface area contributed by atoms with Crippen LogP contribution in [-0.4, -0.2) is 58.9 Å². The van der Waals surface area contributed by atoms with Gasteiger partial charge in [-0.3, -0.25) is 4.79 Å². The third kappa shape index (κ3) is 6.50. The first-order valence-corrected chi connectivity index (χ1v) is 11.2. The van der Waals surface area contributed by atoms with Crippen molar-refractivity contribution in [2.45, 2.75) is 32.3 Å². The number of halogens is 2. The van der Waals surface area contributed by atoms with Gasteiger partial charge >= 0.3 is 6.61 Å². The normalized spacial score (nSPS) is 14.7. The summed E-state index contributed by atoms with van der Waals surface area (Å²) in [5.41, 5.74) is 2.08. The number of anilines is 1. The van der Waals surface area contributed by atoms with Gasteiger partial charge in [-0.2, -0.15) is 8.78 Å². The Morgan fingerprint density at radius 3 is 2.15 bits per heavy atom. The van der Waals surface area contributed by atoms with Crippen LogP contribution in [0.4, 0.5) is 14.5 Å². The molecule has 7 nitrogen and oxygen atoms in total. The number of amides is 1. The number of piperidine rings is 1. The number of methoxy groups -OCH3 is 3. The number of hydrogen-bond donors (Lipinski definition) is 1. The van der Waals surface area contributed by atoms with Crippen molar-refractivity contribution in [2.24, 2.45) is 5.92 Å². The molecule has 0 aliphatic carbocycles. The summed E-state index contributed by atoms with van der Waals surface area (Å²) in [5, 5.41) is 2.82. The Morgan fingerprint density at radius 2 is 1.59 bits per heavy atom. The van der Waals surface area contributed by atoms with E-state index in [4.69, 9.17) is 14.2 Å². The van der Waals surface area contributed by atoms with Gasteiger partial charge in [0.1, 0.15) is 5.75 Å². The highest BCUT2D eigenvalue weighted by molar-refractivity contribution is 5.94. The molecule has 1 saturated heterocycles. The summed E-state index contributed by atoms with van der Waals surface area (Å²) in [7, 11) is 6.68. The molecule has 34 heavy (non-hydrogen) atoms. The zero-order valence-corrected chi connectivity index (χ0v) is 20.0. The van der Waals surface area contributed by atoms with Crippen LogP contribution in [0.2, 0.25) is 0 Å². The van der Waals surface area contributed by atoms with Crippen molar-refractivity contribution in [3.63, 3.8) is 0 Å². The number of carbonyl (C=O) groups excluding carboxylic acids is 1. The highest BCUT2D eigenvalue weighted by atomic mass is 19.3. The van der Waals surface area contributed by atoms with Gasteiger partial charge in [0.05, 0.1) is 27.0 Å². The third-order valence-electron chi connectivity index (χ3n) is 6.03. The number of aryl methyl sites for hydroxylation is 2. The second-order valence-electron chi connectivity index (χ2n) is 8.31. The Balaban J connectivity index is 1.77. The molecule has 2 aromatic carbocycles. The smallest absolute Gasteiger partial charge is 0.387 e. The molecule has 0 unspecified atom stereocenters. The number of alkyl halides is 2. The van der Waals surface area contributed by atoms with Crippen LogP contribution in [0.3, 0.4) is 0 Å². The Hall–Kier alpha value is -3.07. The van der Waals surface area contributed by atoms with E-state index in [-0.39, 0.29) is 23.3 Å². The van der Waals surface area contributed by atoms with Gasteiger partial charge in [0.15, 0.2) is 11.5 Å². The van der Waals surface area contributed by atoms with E-state index in [2.05, 4.69) is 15.0 Å². The van der Waals surface area contributed by atoms with Gasteiger partial charge < -0.3 is 29.2 Å². The Kier molecular flexibility index (Phi) is 8.92. The van der Waals surface area contributed by atoms with Gasteiger partial charge in [-0.05, 0) is 81.2 Å². The van der Waals surface area contributed by atoms with Gasteiger partial charge in [-0.1, -0.05) is 6.07 Å². The minimum atomic E-state index is -2.98. The Bertz CT molecular complexity index is 953. The molecule has 0 radical (unpaired) electrons. The van der Waals surface area contributed by atoms with Crippen molar-refractivity contribution in [1.29, 1.82) is 0 Å². The Labute approximate surface area is 198 Å². The van der Waals surface area contributed by atoms with Crippen molar-refractivity contribution in [1.82, 2.24) is 4.90 Å². The predicted molar refractivity (Wildman–Crippen MR) is 125 cm³/mol. The lowest BCUT2D eigenvalue weighted by Crippen LogP contribution is -2.36. The van der Waals surface area contributed by atoms with E-state index < -0.39 is 6.61 Å². The average molecular weight is 479 g/mol. The maximum Gasteiger partial charge on any atom is 0.387 e. The molecule has 1 fully saturated rings. The number of ether oxygens (including phenoxy) is 4. The fourth-order valence-corrected chi connectivity index (χ4v) is 4.10. The van der Waals surface area contributed by atoms with Crippen LogP contribution in [0.25, 0.3) is 0 Å². The average Bonchev–Trinajstić information content (AvgIpc) is 2.83. The lowest BCUT2D eigenvalue weighted by atomic mass is 9.96. The summed E-state index contributed by atoms with van der Waals surface area (Å²) in [6, 6.07) is 8.64. The fourth-order valence-electron chi connectivity index (χ4n) is 4.10. The highest BCUT2D eigenvalue weighted by Gasteiger charge is 2.24. The van der Waals surface area contributed by atoms with Crippen LogP contribution < -0.4 is 24.3 Å². The summed E-state index contributed by atoms with van der Waals surface area (Å²) < 4.78 is 46.7. The number of nitrogens with zero attached hydrogens (tertiary/aromatic N) is 1. The van der Waals surface area contributed by atoms with Crippen LogP contribution in [0.1, 0.15) is 24.0 Å². The quantitative estimate of drug-likeness (QED) is 0.547. The minimum absolute atomic E-state index is 0.0483. The number of benzene rings is 2. The second-order valence-corrected chi connectivity index (χ2v) is 8.31. The van der Waals surface area contributed by atoms with Crippen molar-refractivity contribution >= 4 is 11.6 Å². The number of likely N-dealkylation sites (tertiary alicyclic amines) is 1. The van der Waals surface area contributed by atoms with Crippen molar-refractivity contribution < 1.29 is 32.5 Å². The lowest BCUT2D eigenvalue weighted by molar-refractivity contribution is -0.121. The zero-order chi connectivity index (χ0) is 24.7. The monoisotopic (exact) mass is 478 g/mol. The molecular weight excluding hydrogens is 446 g/mol. The van der Waals surface area contributed by atoms with E-state index in [1.54, 1.807) is 33.5 Å². The first-order valence-electron chi connectivity index (χ1n) is 11.2. The number of hydrogen-bond acceptors (Lipinski definition) is 6. The van der Waals surface area contributed by atoms with E-state index in [0.29, 0.717) is 30.1 Å². The second kappa shape index (κ2) is 11.9. The van der Waals surface area contributed by atoms with Gasteiger partial charge in [0.25, 0.3) is 0 Å². The molecule has 3 rings (SSSR count). The molecule has 0 atom stereocenters.